The van der Waals surface area contributed by atoms with Gasteiger partial charge in [-0.05, 0) is 62.3 Å². The number of hydrogen-bond donors (Lipinski definition) is 0. The van der Waals surface area contributed by atoms with Crippen LogP contribution in [-0.4, -0.2) is 0 Å². The summed E-state index contributed by atoms with van der Waals surface area (Å²) in [6, 6.07) is 16.0. The molecule has 1 saturated carbocycles. The fourth-order valence-corrected chi connectivity index (χ4v) is 4.68. The van der Waals surface area contributed by atoms with Gasteiger partial charge in [0.05, 0.1) is 0 Å². The lowest BCUT2D eigenvalue weighted by Crippen LogP contribution is -2.40. The highest BCUT2D eigenvalue weighted by molar-refractivity contribution is 5.64. The maximum absolute atomic E-state index is 2.45. The molecule has 144 valence electrons. The van der Waals surface area contributed by atoms with Crippen LogP contribution in [0, 0.1) is 20.8 Å². The predicted octanol–water partition coefficient (Wildman–Crippen LogP) is 5.25. The maximum Gasteiger partial charge on any atom is 0.277 e. The largest absolute Gasteiger partial charge is 0.277 e. The number of hydrogen-bond acceptors (Lipinski definition) is 0. The molecule has 0 spiro atoms. The molecule has 1 fully saturated rings. The topological polar surface area (TPSA) is 7.76 Å². The molecular weight excluding hydrogens is 340 g/mol. The van der Waals surface area contributed by atoms with Gasteiger partial charge < -0.3 is 0 Å². The van der Waals surface area contributed by atoms with Crippen LogP contribution in [0.2, 0.25) is 0 Å². The number of nitrogens with zero attached hydrogens (tertiary/aromatic N) is 2. The molecular formula is C26H32N2+2. The Morgan fingerprint density at radius 2 is 1.43 bits per heavy atom. The molecule has 2 aromatic heterocycles. The molecule has 1 aromatic carbocycles. The smallest absolute Gasteiger partial charge is 0.196 e. The average molecular weight is 373 g/mol. The van der Waals surface area contributed by atoms with E-state index in [1.54, 1.807) is 0 Å². The molecule has 0 radical (unpaired) electrons. The zero-order chi connectivity index (χ0) is 19.8. The molecule has 1 aliphatic rings. The Morgan fingerprint density at radius 1 is 0.750 bits per heavy atom. The molecule has 28 heavy (non-hydrogen) atoms. The Bertz CT molecular complexity index is 1030. The summed E-state index contributed by atoms with van der Waals surface area (Å²) in [5.41, 5.74) is 10.7. The third-order valence-corrected chi connectivity index (χ3v) is 6.58. The van der Waals surface area contributed by atoms with E-state index in [9.17, 15) is 0 Å². The molecule has 0 atom stereocenters. The van der Waals surface area contributed by atoms with Crippen molar-refractivity contribution in [1.29, 1.82) is 0 Å². The number of aryl methyl sites for hydroxylation is 4. The number of benzene rings is 1. The second-order valence-electron chi connectivity index (χ2n) is 8.55. The van der Waals surface area contributed by atoms with E-state index in [1.165, 1.54) is 70.6 Å². The van der Waals surface area contributed by atoms with E-state index in [1.807, 2.05) is 0 Å². The van der Waals surface area contributed by atoms with Gasteiger partial charge in [-0.3, -0.25) is 0 Å². The lowest BCUT2D eigenvalue weighted by Gasteiger charge is -2.14. The number of rotatable bonds is 3. The monoisotopic (exact) mass is 372 g/mol. The zero-order valence-electron chi connectivity index (χ0n) is 17.9. The summed E-state index contributed by atoms with van der Waals surface area (Å²) in [5.74, 6) is 0.694. The Hall–Kier alpha value is -2.48. The van der Waals surface area contributed by atoms with E-state index in [2.05, 4.69) is 92.7 Å². The molecule has 0 saturated heterocycles. The SMILES string of the molecule is Cc1cc(-c2cc(C3CCCC3)cc(-c3ccccc3C)[n+]2C)[n+](C)cc1C. The third kappa shape index (κ3) is 3.37. The van der Waals surface area contributed by atoms with Crippen molar-refractivity contribution in [3.8, 4) is 22.6 Å². The third-order valence-electron chi connectivity index (χ3n) is 6.58. The Morgan fingerprint density at radius 3 is 2.14 bits per heavy atom. The van der Waals surface area contributed by atoms with E-state index in [-0.39, 0.29) is 0 Å². The Kier molecular flexibility index (Phi) is 5.05. The molecule has 2 heterocycles. The quantitative estimate of drug-likeness (QED) is 0.555. The minimum atomic E-state index is 0.694. The highest BCUT2D eigenvalue weighted by atomic mass is 15.0. The molecule has 0 unspecified atom stereocenters. The van der Waals surface area contributed by atoms with E-state index >= 15 is 0 Å². The van der Waals surface area contributed by atoms with Crippen LogP contribution >= 0.6 is 0 Å². The summed E-state index contributed by atoms with van der Waals surface area (Å²) >= 11 is 0. The summed E-state index contributed by atoms with van der Waals surface area (Å²) < 4.78 is 4.66. The minimum Gasteiger partial charge on any atom is -0.196 e. The van der Waals surface area contributed by atoms with Gasteiger partial charge >= 0.3 is 0 Å². The van der Waals surface area contributed by atoms with Crippen molar-refractivity contribution in [2.45, 2.75) is 52.4 Å². The van der Waals surface area contributed by atoms with Crippen LogP contribution in [0.4, 0.5) is 0 Å². The van der Waals surface area contributed by atoms with Crippen LogP contribution in [-0.2, 0) is 14.1 Å². The van der Waals surface area contributed by atoms with Crippen molar-refractivity contribution < 1.29 is 9.13 Å². The van der Waals surface area contributed by atoms with Crippen LogP contribution in [0.3, 0.4) is 0 Å². The molecule has 4 rings (SSSR count). The first-order chi connectivity index (χ1) is 13.5. The first-order valence-electron chi connectivity index (χ1n) is 10.5. The van der Waals surface area contributed by atoms with E-state index < -0.39 is 0 Å². The van der Waals surface area contributed by atoms with E-state index in [4.69, 9.17) is 0 Å². The molecule has 0 aliphatic heterocycles. The number of pyridine rings is 2. The van der Waals surface area contributed by atoms with Gasteiger partial charge in [-0.15, -0.1) is 0 Å². The first kappa shape index (κ1) is 18.9. The van der Waals surface area contributed by atoms with Crippen LogP contribution in [0.15, 0.2) is 48.7 Å². The Labute approximate surface area is 169 Å². The van der Waals surface area contributed by atoms with Gasteiger partial charge in [-0.2, -0.15) is 9.13 Å². The summed E-state index contributed by atoms with van der Waals surface area (Å²) in [6.07, 6.45) is 7.61. The normalized spacial score (nSPS) is 14.6. The summed E-state index contributed by atoms with van der Waals surface area (Å²) in [4.78, 5) is 0. The molecule has 0 N–H and O–H groups in total. The molecule has 3 aromatic rings. The van der Waals surface area contributed by atoms with Crippen molar-refractivity contribution in [2.24, 2.45) is 14.1 Å². The predicted molar refractivity (Wildman–Crippen MR) is 115 cm³/mol. The van der Waals surface area contributed by atoms with Gasteiger partial charge in [-0.1, -0.05) is 31.0 Å². The molecule has 0 bridgehead atoms. The Balaban J connectivity index is 1.98. The highest BCUT2D eigenvalue weighted by Gasteiger charge is 2.28. The second kappa shape index (κ2) is 7.50. The van der Waals surface area contributed by atoms with Gasteiger partial charge in [-0.25, -0.2) is 0 Å². The maximum atomic E-state index is 2.45. The number of aromatic nitrogens is 2. The van der Waals surface area contributed by atoms with Gasteiger partial charge in [0.1, 0.15) is 14.1 Å². The lowest BCUT2D eigenvalue weighted by atomic mass is 9.93. The minimum absolute atomic E-state index is 0.694. The highest BCUT2D eigenvalue weighted by Crippen LogP contribution is 2.36. The van der Waals surface area contributed by atoms with Crippen molar-refractivity contribution in [2.75, 3.05) is 0 Å². The fraction of sp³-hybridized carbons (Fsp3) is 0.385. The summed E-state index contributed by atoms with van der Waals surface area (Å²) in [7, 11) is 4.38. The molecule has 2 heteroatoms. The zero-order valence-corrected chi connectivity index (χ0v) is 17.9. The first-order valence-corrected chi connectivity index (χ1v) is 10.5. The van der Waals surface area contributed by atoms with Gasteiger partial charge in [0.15, 0.2) is 6.20 Å². The van der Waals surface area contributed by atoms with Gasteiger partial charge in [0, 0.05) is 29.3 Å². The fourth-order valence-electron chi connectivity index (χ4n) is 4.68. The lowest BCUT2D eigenvalue weighted by molar-refractivity contribution is -0.685. The molecule has 2 nitrogen and oxygen atoms in total. The van der Waals surface area contributed by atoms with Crippen molar-refractivity contribution in [1.82, 2.24) is 0 Å². The van der Waals surface area contributed by atoms with Crippen LogP contribution < -0.4 is 9.13 Å². The van der Waals surface area contributed by atoms with E-state index in [0.29, 0.717) is 5.92 Å². The van der Waals surface area contributed by atoms with Crippen LogP contribution in [0.1, 0.15) is 53.9 Å². The summed E-state index contributed by atoms with van der Waals surface area (Å²) in [6.45, 7) is 6.61. The van der Waals surface area contributed by atoms with Gasteiger partial charge in [0.2, 0.25) is 5.69 Å². The molecule has 1 aliphatic carbocycles. The standard InChI is InChI=1S/C26H32N2/c1-18-10-6-9-13-23(18)24-15-22(21-11-7-8-12-21)16-26(28(24)5)25-14-19(2)20(3)17-27(25)4/h6,9-10,13-17,21H,7-8,11-12H2,1-5H3/q+2. The van der Waals surface area contributed by atoms with Crippen molar-refractivity contribution in [3.05, 3.63) is 70.9 Å². The van der Waals surface area contributed by atoms with E-state index in [0.717, 1.165) is 0 Å². The summed E-state index contributed by atoms with van der Waals surface area (Å²) in [5, 5.41) is 0. The molecule has 0 amide bonds. The van der Waals surface area contributed by atoms with Crippen molar-refractivity contribution >= 4 is 0 Å². The van der Waals surface area contributed by atoms with Crippen LogP contribution in [0.25, 0.3) is 22.6 Å². The van der Waals surface area contributed by atoms with Crippen molar-refractivity contribution in [3.63, 3.8) is 0 Å². The van der Waals surface area contributed by atoms with Crippen LogP contribution in [0.5, 0.6) is 0 Å². The van der Waals surface area contributed by atoms with Gasteiger partial charge in [0.25, 0.3) is 11.4 Å². The average Bonchev–Trinajstić information content (AvgIpc) is 3.21. The second-order valence-corrected chi connectivity index (χ2v) is 8.55.